The molecule has 3 N–H and O–H groups in total. The fraction of sp³-hybridized carbons (Fsp3) is 0.200. The molecular weight excluding hydrogens is 254 g/mol. The van der Waals surface area contributed by atoms with Gasteiger partial charge in [0.25, 0.3) is 0 Å². The fourth-order valence-corrected chi connectivity index (χ4v) is 2.06. The van der Waals surface area contributed by atoms with Crippen molar-refractivity contribution in [2.45, 2.75) is 6.42 Å². The van der Waals surface area contributed by atoms with Crippen LogP contribution in [0.1, 0.15) is 11.4 Å². The van der Waals surface area contributed by atoms with E-state index in [4.69, 9.17) is 18.0 Å². The Bertz CT molecular complexity index is 497. The minimum absolute atomic E-state index is 0.245. The van der Waals surface area contributed by atoms with Gasteiger partial charge >= 0.3 is 0 Å². The summed E-state index contributed by atoms with van der Waals surface area (Å²) in [5.74, 6) is 0.621. The van der Waals surface area contributed by atoms with Gasteiger partial charge in [-0.05, 0) is 0 Å². The standard InChI is InChI=1S/C10H11N5S2/c11-9(16)8-10(14-4-3-12-8)13-2-1-7-5-17-6-15-7/h3-6H,1-2H2,(H2,11,16)(H,13,14). The minimum atomic E-state index is 0.245. The van der Waals surface area contributed by atoms with Crippen molar-refractivity contribution in [2.75, 3.05) is 11.9 Å². The van der Waals surface area contributed by atoms with Gasteiger partial charge in [0.1, 0.15) is 10.7 Å². The third kappa shape index (κ3) is 3.18. The molecule has 2 aromatic rings. The van der Waals surface area contributed by atoms with E-state index in [1.54, 1.807) is 23.7 Å². The summed E-state index contributed by atoms with van der Waals surface area (Å²) in [4.78, 5) is 12.7. The molecule has 7 heteroatoms. The van der Waals surface area contributed by atoms with Crippen molar-refractivity contribution in [1.82, 2.24) is 15.0 Å². The van der Waals surface area contributed by atoms with Crippen LogP contribution in [-0.2, 0) is 6.42 Å². The van der Waals surface area contributed by atoms with Gasteiger partial charge in [0.05, 0.1) is 11.2 Å². The highest BCUT2D eigenvalue weighted by atomic mass is 32.1. The van der Waals surface area contributed by atoms with E-state index >= 15 is 0 Å². The van der Waals surface area contributed by atoms with E-state index in [9.17, 15) is 0 Å². The molecular formula is C10H11N5S2. The molecule has 88 valence electrons. The number of hydrogen-bond donors (Lipinski definition) is 2. The van der Waals surface area contributed by atoms with Crippen LogP contribution in [0.15, 0.2) is 23.3 Å². The number of thiazole rings is 1. The molecule has 0 aliphatic carbocycles. The maximum Gasteiger partial charge on any atom is 0.155 e. The van der Waals surface area contributed by atoms with E-state index in [-0.39, 0.29) is 4.99 Å². The molecule has 0 saturated heterocycles. The summed E-state index contributed by atoms with van der Waals surface area (Å²) in [6, 6.07) is 0. The van der Waals surface area contributed by atoms with Gasteiger partial charge in [0.2, 0.25) is 0 Å². The van der Waals surface area contributed by atoms with Crippen molar-refractivity contribution >= 4 is 34.4 Å². The summed E-state index contributed by atoms with van der Waals surface area (Å²) < 4.78 is 0. The van der Waals surface area contributed by atoms with Crippen molar-refractivity contribution in [1.29, 1.82) is 0 Å². The topological polar surface area (TPSA) is 76.7 Å². The van der Waals surface area contributed by atoms with Crippen LogP contribution in [-0.4, -0.2) is 26.5 Å². The molecule has 0 aromatic carbocycles. The second kappa shape index (κ2) is 5.65. The lowest BCUT2D eigenvalue weighted by Crippen LogP contribution is -2.17. The van der Waals surface area contributed by atoms with Gasteiger partial charge in [0.15, 0.2) is 5.82 Å². The highest BCUT2D eigenvalue weighted by Crippen LogP contribution is 2.08. The summed E-state index contributed by atoms with van der Waals surface area (Å²) in [6.45, 7) is 0.720. The van der Waals surface area contributed by atoms with Crippen LogP contribution in [0.25, 0.3) is 0 Å². The fourth-order valence-electron chi connectivity index (χ4n) is 1.32. The number of aromatic nitrogens is 3. The Labute approximate surface area is 108 Å². The zero-order valence-corrected chi connectivity index (χ0v) is 10.6. The molecule has 0 amide bonds. The number of hydrogen-bond acceptors (Lipinski definition) is 6. The number of rotatable bonds is 5. The first-order valence-electron chi connectivity index (χ1n) is 4.99. The number of thiocarbonyl (C=S) groups is 1. The smallest absolute Gasteiger partial charge is 0.155 e. The Hall–Kier alpha value is -1.60. The molecule has 2 aromatic heterocycles. The first-order valence-corrected chi connectivity index (χ1v) is 6.34. The van der Waals surface area contributed by atoms with E-state index in [0.29, 0.717) is 11.5 Å². The number of nitrogens with two attached hydrogens (primary N) is 1. The van der Waals surface area contributed by atoms with E-state index in [2.05, 4.69) is 20.3 Å². The predicted molar refractivity (Wildman–Crippen MR) is 72.2 cm³/mol. The Balaban J connectivity index is 1.97. The lowest BCUT2D eigenvalue weighted by Gasteiger charge is -2.07. The summed E-state index contributed by atoms with van der Waals surface area (Å²) >= 11 is 6.49. The molecule has 0 saturated carbocycles. The second-order valence-electron chi connectivity index (χ2n) is 3.27. The monoisotopic (exact) mass is 265 g/mol. The predicted octanol–water partition coefficient (Wildman–Crippen LogP) is 1.22. The van der Waals surface area contributed by atoms with Crippen molar-refractivity contribution in [3.8, 4) is 0 Å². The third-order valence-corrected chi connectivity index (χ3v) is 2.92. The van der Waals surface area contributed by atoms with Gasteiger partial charge in [-0.1, -0.05) is 12.2 Å². The minimum Gasteiger partial charge on any atom is -0.388 e. The van der Waals surface area contributed by atoms with Gasteiger partial charge in [-0.2, -0.15) is 0 Å². The quantitative estimate of drug-likeness (QED) is 0.792. The van der Waals surface area contributed by atoms with Gasteiger partial charge < -0.3 is 11.1 Å². The van der Waals surface area contributed by atoms with E-state index in [1.165, 1.54) is 0 Å². The van der Waals surface area contributed by atoms with Crippen LogP contribution in [0.3, 0.4) is 0 Å². The van der Waals surface area contributed by atoms with Gasteiger partial charge in [-0.25, -0.2) is 15.0 Å². The first-order chi connectivity index (χ1) is 8.27. The Kier molecular flexibility index (Phi) is 3.94. The molecule has 0 bridgehead atoms. The molecule has 0 spiro atoms. The molecule has 0 aliphatic heterocycles. The summed E-state index contributed by atoms with van der Waals surface area (Å²) in [5, 5.41) is 5.18. The van der Waals surface area contributed by atoms with Crippen molar-refractivity contribution in [3.05, 3.63) is 34.7 Å². The molecule has 0 radical (unpaired) electrons. The lowest BCUT2D eigenvalue weighted by molar-refractivity contribution is 0.963. The Morgan fingerprint density at radius 2 is 2.18 bits per heavy atom. The molecule has 0 unspecified atom stereocenters. The normalized spacial score (nSPS) is 10.1. The van der Waals surface area contributed by atoms with E-state index in [1.807, 2.05) is 10.9 Å². The number of anilines is 1. The molecule has 0 fully saturated rings. The zero-order valence-electron chi connectivity index (χ0n) is 8.96. The Morgan fingerprint density at radius 3 is 2.88 bits per heavy atom. The van der Waals surface area contributed by atoms with Crippen LogP contribution in [0, 0.1) is 0 Å². The maximum absolute atomic E-state index is 5.56. The SMILES string of the molecule is NC(=S)c1nccnc1NCCc1cscn1. The van der Waals surface area contributed by atoms with Crippen LogP contribution in [0.4, 0.5) is 5.82 Å². The number of nitrogens with zero attached hydrogens (tertiary/aromatic N) is 3. The van der Waals surface area contributed by atoms with E-state index < -0.39 is 0 Å². The Morgan fingerprint density at radius 1 is 1.35 bits per heavy atom. The molecule has 0 aliphatic rings. The van der Waals surface area contributed by atoms with Gasteiger partial charge in [0, 0.05) is 30.7 Å². The molecule has 0 atom stereocenters. The second-order valence-corrected chi connectivity index (χ2v) is 4.43. The highest BCUT2D eigenvalue weighted by molar-refractivity contribution is 7.80. The largest absolute Gasteiger partial charge is 0.388 e. The highest BCUT2D eigenvalue weighted by Gasteiger charge is 2.06. The molecule has 5 nitrogen and oxygen atoms in total. The average molecular weight is 265 g/mol. The number of nitrogens with one attached hydrogen (secondary N) is 1. The first kappa shape index (κ1) is 11.9. The lowest BCUT2D eigenvalue weighted by atomic mass is 10.3. The summed E-state index contributed by atoms with van der Waals surface area (Å²) in [5.41, 5.74) is 8.96. The van der Waals surface area contributed by atoms with Crippen LogP contribution in [0.2, 0.25) is 0 Å². The maximum atomic E-state index is 5.56. The zero-order chi connectivity index (χ0) is 12.1. The third-order valence-electron chi connectivity index (χ3n) is 2.09. The summed E-state index contributed by atoms with van der Waals surface area (Å²) in [7, 11) is 0. The molecule has 17 heavy (non-hydrogen) atoms. The van der Waals surface area contributed by atoms with Crippen molar-refractivity contribution < 1.29 is 0 Å². The van der Waals surface area contributed by atoms with Crippen LogP contribution < -0.4 is 11.1 Å². The van der Waals surface area contributed by atoms with Crippen molar-refractivity contribution in [3.63, 3.8) is 0 Å². The molecule has 2 rings (SSSR count). The van der Waals surface area contributed by atoms with E-state index in [0.717, 1.165) is 18.7 Å². The summed E-state index contributed by atoms with van der Waals surface area (Å²) in [6.07, 6.45) is 4.00. The average Bonchev–Trinajstić information content (AvgIpc) is 2.82. The molecule has 2 heterocycles. The van der Waals surface area contributed by atoms with Gasteiger partial charge in [-0.15, -0.1) is 11.3 Å². The van der Waals surface area contributed by atoms with Crippen LogP contribution in [0.5, 0.6) is 0 Å². The van der Waals surface area contributed by atoms with Crippen LogP contribution >= 0.6 is 23.6 Å². The van der Waals surface area contributed by atoms with Gasteiger partial charge in [-0.3, -0.25) is 0 Å². The van der Waals surface area contributed by atoms with Crippen molar-refractivity contribution in [2.24, 2.45) is 5.73 Å².